The molecule has 0 fully saturated rings. The number of esters is 1. The van der Waals surface area contributed by atoms with E-state index < -0.39 is 35.6 Å². The predicted octanol–water partition coefficient (Wildman–Crippen LogP) is 1.94. The van der Waals surface area contributed by atoms with Crippen LogP contribution < -0.4 is 11.1 Å². The van der Waals surface area contributed by atoms with Gasteiger partial charge < -0.3 is 20.9 Å². The van der Waals surface area contributed by atoms with E-state index in [1.165, 1.54) is 0 Å². The Morgan fingerprint density at radius 2 is 1.88 bits per heavy atom. The number of nitrogens with two attached hydrogens (primary N) is 1. The zero-order valence-corrected chi connectivity index (χ0v) is 15.2. The molecule has 4 N–H and O–H groups in total. The number of allylic oxidation sites excluding steroid dienone is 2. The summed E-state index contributed by atoms with van der Waals surface area (Å²) in [7, 11) is 0. The molecule has 0 bridgehead atoms. The van der Waals surface area contributed by atoms with Crippen molar-refractivity contribution in [2.75, 3.05) is 11.9 Å². The van der Waals surface area contributed by atoms with Crippen LogP contribution in [0.25, 0.3) is 0 Å². The molecule has 1 heterocycles. The normalized spacial score (nSPS) is 19.0. The summed E-state index contributed by atoms with van der Waals surface area (Å²) < 4.78 is 4.99. The Hall–Kier alpha value is -2.68. The molecule has 1 aliphatic carbocycles. The Morgan fingerprint density at radius 3 is 2.42 bits per heavy atom. The lowest BCUT2D eigenvalue weighted by atomic mass is 9.82. The minimum absolute atomic E-state index is 0.0669. The van der Waals surface area contributed by atoms with Crippen LogP contribution >= 0.6 is 11.3 Å². The maximum atomic E-state index is 12.6. The molecule has 0 unspecified atom stereocenters. The zero-order chi connectivity index (χ0) is 19.4. The average molecular weight is 380 g/mol. The van der Waals surface area contributed by atoms with E-state index in [1.54, 1.807) is 26.0 Å². The first-order valence-electron chi connectivity index (χ1n) is 8.06. The van der Waals surface area contributed by atoms with Gasteiger partial charge in [-0.05, 0) is 32.3 Å². The number of thiophene rings is 1. The molecular weight excluding hydrogens is 360 g/mol. The van der Waals surface area contributed by atoms with E-state index in [9.17, 15) is 24.3 Å². The van der Waals surface area contributed by atoms with Crippen LogP contribution in [0, 0.1) is 18.8 Å². The quantitative estimate of drug-likeness (QED) is 0.510. The fourth-order valence-electron chi connectivity index (χ4n) is 2.87. The number of carbonyl (C=O) groups is 4. The molecule has 1 aliphatic rings. The molecule has 2 rings (SSSR count). The number of aliphatic carboxylic acids is 1. The Balaban J connectivity index is 2.35. The average Bonchev–Trinajstić information content (AvgIpc) is 2.91. The Kier molecular flexibility index (Phi) is 6.14. The Labute approximate surface area is 154 Å². The van der Waals surface area contributed by atoms with E-state index in [4.69, 9.17) is 10.5 Å². The molecule has 1 aromatic rings. The van der Waals surface area contributed by atoms with Gasteiger partial charge in [-0.3, -0.25) is 14.4 Å². The van der Waals surface area contributed by atoms with Gasteiger partial charge in [0.2, 0.25) is 5.91 Å². The van der Waals surface area contributed by atoms with E-state index in [-0.39, 0.29) is 34.9 Å². The molecule has 1 aromatic heterocycles. The van der Waals surface area contributed by atoms with Crippen molar-refractivity contribution in [3.63, 3.8) is 0 Å². The van der Waals surface area contributed by atoms with Gasteiger partial charge in [0.05, 0.1) is 28.9 Å². The number of hydrogen-bond donors (Lipinski definition) is 3. The molecule has 2 amide bonds. The van der Waals surface area contributed by atoms with Crippen molar-refractivity contribution in [2.24, 2.45) is 17.6 Å². The second kappa shape index (κ2) is 8.13. The second-order valence-electron chi connectivity index (χ2n) is 5.83. The summed E-state index contributed by atoms with van der Waals surface area (Å²) in [5.41, 5.74) is 5.72. The van der Waals surface area contributed by atoms with Gasteiger partial charge in [-0.25, -0.2) is 4.79 Å². The van der Waals surface area contributed by atoms with Crippen LogP contribution in [0.5, 0.6) is 0 Å². The lowest BCUT2D eigenvalue weighted by molar-refractivity contribution is -0.146. The molecule has 140 valence electrons. The van der Waals surface area contributed by atoms with Gasteiger partial charge in [0, 0.05) is 0 Å². The van der Waals surface area contributed by atoms with Crippen molar-refractivity contribution in [3.05, 3.63) is 28.2 Å². The van der Waals surface area contributed by atoms with E-state index in [0.29, 0.717) is 5.56 Å². The maximum absolute atomic E-state index is 12.6. The standard InChI is InChI=1S/C17H20N2O6S/c1-3-25-17(24)11-8(2)12(13(18)20)26-15(11)19-14(21)9-6-4-5-7-10(9)16(22)23/h4-5,9-10H,3,6-7H2,1-2H3,(H2,18,20)(H,19,21)(H,22,23)/t9-,10-/m0/s1. The summed E-state index contributed by atoms with van der Waals surface area (Å²) in [4.78, 5) is 48.0. The highest BCUT2D eigenvalue weighted by atomic mass is 32.1. The summed E-state index contributed by atoms with van der Waals surface area (Å²) in [6, 6.07) is 0. The van der Waals surface area contributed by atoms with Crippen LogP contribution in [0.4, 0.5) is 5.00 Å². The topological polar surface area (TPSA) is 136 Å². The molecule has 0 aromatic carbocycles. The molecule has 0 aliphatic heterocycles. The summed E-state index contributed by atoms with van der Waals surface area (Å²) in [5, 5.41) is 12.0. The number of amides is 2. The third kappa shape index (κ3) is 3.93. The molecule has 0 radical (unpaired) electrons. The van der Waals surface area contributed by atoms with E-state index in [2.05, 4.69) is 5.32 Å². The largest absolute Gasteiger partial charge is 0.481 e. The van der Waals surface area contributed by atoms with Gasteiger partial charge in [-0.15, -0.1) is 11.3 Å². The minimum Gasteiger partial charge on any atom is -0.481 e. The highest BCUT2D eigenvalue weighted by Gasteiger charge is 2.35. The lowest BCUT2D eigenvalue weighted by Gasteiger charge is -2.24. The number of carboxylic acids is 1. The van der Waals surface area contributed by atoms with Gasteiger partial charge >= 0.3 is 11.9 Å². The van der Waals surface area contributed by atoms with Crippen molar-refractivity contribution in [3.8, 4) is 0 Å². The van der Waals surface area contributed by atoms with E-state index in [0.717, 1.165) is 11.3 Å². The smallest absolute Gasteiger partial charge is 0.341 e. The van der Waals surface area contributed by atoms with Crippen LogP contribution in [0.15, 0.2) is 12.2 Å². The summed E-state index contributed by atoms with van der Waals surface area (Å²) in [6.45, 7) is 3.31. The number of rotatable bonds is 6. The maximum Gasteiger partial charge on any atom is 0.341 e. The zero-order valence-electron chi connectivity index (χ0n) is 14.4. The number of carboxylic acid groups (broad SMARTS) is 1. The van der Waals surface area contributed by atoms with Gasteiger partial charge in [-0.1, -0.05) is 12.2 Å². The van der Waals surface area contributed by atoms with Crippen molar-refractivity contribution in [2.45, 2.75) is 26.7 Å². The first-order chi connectivity index (χ1) is 12.3. The van der Waals surface area contributed by atoms with Crippen molar-refractivity contribution in [1.82, 2.24) is 0 Å². The molecule has 26 heavy (non-hydrogen) atoms. The van der Waals surface area contributed by atoms with Crippen LogP contribution in [-0.4, -0.2) is 35.5 Å². The van der Waals surface area contributed by atoms with Gasteiger partial charge in [-0.2, -0.15) is 0 Å². The molecule has 2 atom stereocenters. The summed E-state index contributed by atoms with van der Waals surface area (Å²) >= 11 is 0.878. The van der Waals surface area contributed by atoms with Crippen molar-refractivity contribution >= 4 is 40.1 Å². The number of anilines is 1. The monoisotopic (exact) mass is 380 g/mol. The van der Waals surface area contributed by atoms with Crippen molar-refractivity contribution < 1.29 is 29.0 Å². The molecule has 0 saturated heterocycles. The van der Waals surface area contributed by atoms with Gasteiger partial charge in [0.1, 0.15) is 5.00 Å². The second-order valence-corrected chi connectivity index (χ2v) is 6.85. The lowest BCUT2D eigenvalue weighted by Crippen LogP contribution is -2.34. The predicted molar refractivity (Wildman–Crippen MR) is 95.1 cm³/mol. The first kappa shape index (κ1) is 19.6. The number of primary amides is 1. The van der Waals surface area contributed by atoms with Gasteiger partial charge in [0.15, 0.2) is 0 Å². The van der Waals surface area contributed by atoms with Crippen LogP contribution in [0.3, 0.4) is 0 Å². The number of ether oxygens (including phenoxy) is 1. The molecule has 0 saturated carbocycles. The number of hydrogen-bond acceptors (Lipinski definition) is 6. The summed E-state index contributed by atoms with van der Waals surface area (Å²) in [5.74, 6) is -4.59. The van der Waals surface area contributed by atoms with Crippen LogP contribution in [0.1, 0.15) is 45.4 Å². The van der Waals surface area contributed by atoms with Gasteiger partial charge in [0.25, 0.3) is 5.91 Å². The number of carbonyl (C=O) groups excluding carboxylic acids is 3. The fraction of sp³-hybridized carbons (Fsp3) is 0.412. The molecular formula is C17H20N2O6S. The SMILES string of the molecule is CCOC(=O)c1c(NC(=O)[C@H]2CC=CC[C@@H]2C(=O)O)sc(C(N)=O)c1C. The third-order valence-corrected chi connectivity index (χ3v) is 5.40. The highest BCUT2D eigenvalue weighted by Crippen LogP contribution is 2.35. The highest BCUT2D eigenvalue weighted by molar-refractivity contribution is 7.18. The molecule has 0 spiro atoms. The summed E-state index contributed by atoms with van der Waals surface area (Å²) in [6.07, 6.45) is 4.02. The van der Waals surface area contributed by atoms with Crippen LogP contribution in [-0.2, 0) is 14.3 Å². The minimum atomic E-state index is -1.06. The molecule has 9 heteroatoms. The van der Waals surface area contributed by atoms with Crippen LogP contribution in [0.2, 0.25) is 0 Å². The first-order valence-corrected chi connectivity index (χ1v) is 8.88. The third-order valence-electron chi connectivity index (χ3n) is 4.17. The number of nitrogens with one attached hydrogen (secondary N) is 1. The Bertz CT molecular complexity index is 782. The van der Waals surface area contributed by atoms with E-state index in [1.807, 2.05) is 0 Å². The van der Waals surface area contributed by atoms with E-state index >= 15 is 0 Å². The Morgan fingerprint density at radius 1 is 1.27 bits per heavy atom. The van der Waals surface area contributed by atoms with Crippen molar-refractivity contribution in [1.29, 1.82) is 0 Å². The fourth-order valence-corrected chi connectivity index (χ4v) is 3.92. The molecule has 8 nitrogen and oxygen atoms in total.